The Hall–Kier alpha value is -5.05. The summed E-state index contributed by atoms with van der Waals surface area (Å²) in [6.07, 6.45) is 0.0893. The average Bonchev–Trinajstić information content (AvgIpc) is 3.35. The van der Waals surface area contributed by atoms with E-state index in [1.807, 2.05) is 25.1 Å². The second kappa shape index (κ2) is 18.1. The van der Waals surface area contributed by atoms with Crippen molar-refractivity contribution in [3.63, 3.8) is 0 Å². The second-order valence-electron chi connectivity index (χ2n) is 15.8. The highest BCUT2D eigenvalue weighted by Crippen LogP contribution is 2.43. The van der Waals surface area contributed by atoms with Gasteiger partial charge in [-0.25, -0.2) is 4.98 Å². The Morgan fingerprint density at radius 2 is 1.78 bits per heavy atom. The van der Waals surface area contributed by atoms with Crippen LogP contribution in [0.25, 0.3) is 0 Å². The number of rotatable bonds is 12. The number of anilines is 4. The largest absolute Gasteiger partial charge is 0.493 e. The number of amides is 4. The van der Waals surface area contributed by atoms with E-state index >= 15 is 0 Å². The fourth-order valence-electron chi connectivity index (χ4n) is 7.67. The normalized spacial score (nSPS) is 20.4. The van der Waals surface area contributed by atoms with Crippen LogP contribution in [0.5, 0.6) is 5.75 Å². The van der Waals surface area contributed by atoms with Crippen LogP contribution in [-0.4, -0.2) is 76.8 Å². The summed E-state index contributed by atoms with van der Waals surface area (Å²) in [6.45, 7) is 9.78. The minimum Gasteiger partial charge on any atom is -0.493 e. The molecule has 3 fully saturated rings. The van der Waals surface area contributed by atoms with Gasteiger partial charge in [0.25, 0.3) is 5.91 Å². The number of benzene rings is 2. The van der Waals surface area contributed by atoms with Crippen LogP contribution in [0.15, 0.2) is 54.7 Å². The zero-order chi connectivity index (χ0) is 42.0. The van der Waals surface area contributed by atoms with E-state index in [1.165, 1.54) is 6.07 Å². The molecule has 0 saturated carbocycles. The summed E-state index contributed by atoms with van der Waals surface area (Å²) in [6, 6.07) is 14.4. The number of likely N-dealkylation sites (tertiary alicyclic amines) is 1. The maximum Gasteiger partial charge on any atom is 0.419 e. The number of carbonyl (C=O) groups is 4. The SMILES string of the molecule is CCc1cc(N2C(S)N(c3cnc(C#N)c(C(F)(F)F)c3)C(=O)C2(C)C)ccc1OCCC1(C)CCN(CC(=O)Nc2cccc(NC3CCC(=O)NC3=O)c2)CC1.Cl. The van der Waals surface area contributed by atoms with Crippen molar-refractivity contribution in [1.29, 1.82) is 5.26 Å². The van der Waals surface area contributed by atoms with Crippen LogP contribution in [0, 0.1) is 16.7 Å². The van der Waals surface area contributed by atoms with Crippen molar-refractivity contribution in [3.05, 3.63) is 71.5 Å². The highest BCUT2D eigenvalue weighted by Gasteiger charge is 2.52. The van der Waals surface area contributed by atoms with E-state index in [9.17, 15) is 37.6 Å². The van der Waals surface area contributed by atoms with Crippen molar-refractivity contribution < 1.29 is 37.1 Å². The second-order valence-corrected chi connectivity index (χ2v) is 16.2. The molecule has 2 atom stereocenters. The smallest absolute Gasteiger partial charge is 0.419 e. The molecule has 3 aromatic rings. The van der Waals surface area contributed by atoms with Crippen LogP contribution >= 0.6 is 25.0 Å². The van der Waals surface area contributed by atoms with Gasteiger partial charge in [0.05, 0.1) is 30.6 Å². The first kappa shape index (κ1) is 45.0. The average molecular weight is 857 g/mol. The quantitative estimate of drug-likeness (QED) is 0.117. The van der Waals surface area contributed by atoms with Gasteiger partial charge in [0.2, 0.25) is 17.7 Å². The summed E-state index contributed by atoms with van der Waals surface area (Å²) in [7, 11) is 0. The van der Waals surface area contributed by atoms with Crippen molar-refractivity contribution in [2.75, 3.05) is 46.7 Å². The summed E-state index contributed by atoms with van der Waals surface area (Å²) in [5.41, 5.74) is -1.45. The standard InChI is InChI=1S/C41H47F3N8O5S.ClH/c1-5-25-19-28(52-38(58)51(37(56)39(52,2)3)29-21-30(41(42,43)44)32(22-45)46-23-29)9-11-33(25)57-18-15-40(4)13-16-50(17-14-40)24-35(54)48-27-8-6-7-26(20-27)47-31-10-12-34(53)49-36(31)55;/h6-9,11,19-21,23,31,38,47,58H,5,10,12-18,24H2,1-4H3,(H,48,54)(H,49,53,55);1H. The van der Waals surface area contributed by atoms with E-state index in [1.54, 1.807) is 43.0 Å². The summed E-state index contributed by atoms with van der Waals surface area (Å²) < 4.78 is 47.6. The molecule has 316 valence electrons. The summed E-state index contributed by atoms with van der Waals surface area (Å²) in [5, 5.41) is 17.6. The van der Waals surface area contributed by atoms with Crippen LogP contribution in [-0.2, 0) is 31.8 Å². The molecule has 1 aromatic heterocycles. The molecule has 0 spiro atoms. The topological polar surface area (TPSA) is 160 Å². The lowest BCUT2D eigenvalue weighted by Crippen LogP contribution is -2.47. The number of aromatic nitrogens is 1. The summed E-state index contributed by atoms with van der Waals surface area (Å²) >= 11 is 4.70. The van der Waals surface area contributed by atoms with Crippen LogP contribution in [0.4, 0.5) is 35.9 Å². The van der Waals surface area contributed by atoms with Crippen LogP contribution in [0.1, 0.15) is 76.6 Å². The Kier molecular flexibility index (Phi) is 13.8. The Labute approximate surface area is 352 Å². The molecule has 59 heavy (non-hydrogen) atoms. The first-order valence-electron chi connectivity index (χ1n) is 19.2. The maximum atomic E-state index is 13.8. The number of nitrogens with one attached hydrogen (secondary N) is 3. The number of halogens is 4. The fourth-order valence-corrected chi connectivity index (χ4v) is 8.33. The molecule has 3 aliphatic rings. The number of nitriles is 1. The first-order chi connectivity index (χ1) is 27.4. The Bertz CT molecular complexity index is 2120. The van der Waals surface area contributed by atoms with Gasteiger partial charge >= 0.3 is 6.18 Å². The predicted octanol–water partition coefficient (Wildman–Crippen LogP) is 6.53. The minimum atomic E-state index is -4.84. The number of piperidine rings is 2. The molecule has 3 saturated heterocycles. The fraction of sp³-hybridized carbons (Fsp3) is 0.463. The number of carbonyl (C=O) groups excluding carboxylic acids is 4. The van der Waals surface area contributed by atoms with Gasteiger partial charge in [0.1, 0.15) is 23.4 Å². The highest BCUT2D eigenvalue weighted by molar-refractivity contribution is 7.81. The van der Waals surface area contributed by atoms with Crippen molar-refractivity contribution in [1.82, 2.24) is 15.2 Å². The van der Waals surface area contributed by atoms with E-state index in [4.69, 9.17) is 17.4 Å². The third-order valence-corrected chi connectivity index (χ3v) is 11.7. The summed E-state index contributed by atoms with van der Waals surface area (Å²) in [5.74, 6) is -0.563. The number of imide groups is 1. The lowest BCUT2D eigenvalue weighted by molar-refractivity contribution is -0.138. The van der Waals surface area contributed by atoms with Crippen molar-refractivity contribution in [2.24, 2.45) is 5.41 Å². The van der Waals surface area contributed by atoms with Crippen LogP contribution in [0.2, 0.25) is 0 Å². The van der Waals surface area contributed by atoms with Gasteiger partial charge in [-0.1, -0.05) is 19.9 Å². The van der Waals surface area contributed by atoms with E-state index in [2.05, 4.69) is 32.8 Å². The number of hydrogen-bond donors (Lipinski definition) is 4. The van der Waals surface area contributed by atoms with Gasteiger partial charge in [-0.2, -0.15) is 18.4 Å². The number of thiol groups is 1. The Morgan fingerprint density at radius 1 is 1.07 bits per heavy atom. The van der Waals surface area contributed by atoms with Crippen LogP contribution < -0.4 is 30.5 Å². The third kappa shape index (κ3) is 10.0. The van der Waals surface area contributed by atoms with Gasteiger partial charge in [-0.05, 0) is 112 Å². The van der Waals surface area contributed by atoms with Crippen LogP contribution in [0.3, 0.4) is 0 Å². The Morgan fingerprint density at radius 3 is 2.44 bits per heavy atom. The van der Waals surface area contributed by atoms with Crippen molar-refractivity contribution >= 4 is 71.4 Å². The van der Waals surface area contributed by atoms with E-state index in [0.29, 0.717) is 42.3 Å². The number of pyridine rings is 1. The predicted molar refractivity (Wildman–Crippen MR) is 223 cm³/mol. The molecular weight excluding hydrogens is 809 g/mol. The third-order valence-electron chi connectivity index (χ3n) is 11.2. The monoisotopic (exact) mass is 856 g/mol. The zero-order valence-electron chi connectivity index (χ0n) is 33.2. The van der Waals surface area contributed by atoms with Gasteiger partial charge in [0, 0.05) is 23.5 Å². The lowest BCUT2D eigenvalue weighted by atomic mass is 9.78. The van der Waals surface area contributed by atoms with Gasteiger partial charge in [-0.15, -0.1) is 25.0 Å². The highest BCUT2D eigenvalue weighted by atomic mass is 35.5. The molecule has 18 heteroatoms. The van der Waals surface area contributed by atoms with Gasteiger partial charge in [-0.3, -0.25) is 34.3 Å². The molecule has 4 heterocycles. The van der Waals surface area contributed by atoms with Crippen molar-refractivity contribution in [2.45, 2.75) is 89.5 Å². The lowest BCUT2D eigenvalue weighted by Gasteiger charge is -2.39. The summed E-state index contributed by atoms with van der Waals surface area (Å²) in [4.78, 5) is 59.0. The number of alkyl halides is 3. The zero-order valence-corrected chi connectivity index (χ0v) is 34.9. The van der Waals surface area contributed by atoms with E-state index < -0.39 is 40.4 Å². The number of ether oxygens (including phenoxy) is 1. The molecule has 4 amide bonds. The number of nitrogens with zero attached hydrogens (tertiary/aromatic N) is 5. The molecule has 2 unspecified atom stereocenters. The Balaban J connectivity index is 0.00000661. The van der Waals surface area contributed by atoms with Crippen molar-refractivity contribution in [3.8, 4) is 11.8 Å². The molecule has 0 bridgehead atoms. The molecule has 0 radical (unpaired) electrons. The molecule has 0 aliphatic carbocycles. The van der Waals surface area contributed by atoms with E-state index in [0.717, 1.165) is 55.1 Å². The first-order valence-corrected chi connectivity index (χ1v) is 19.7. The molecule has 3 aliphatic heterocycles. The molecule has 6 rings (SSSR count). The van der Waals surface area contributed by atoms with Gasteiger partial charge in [0.15, 0.2) is 11.2 Å². The number of aryl methyl sites for hydroxylation is 1. The molecule has 13 nitrogen and oxygen atoms in total. The molecule has 3 N–H and O–H groups in total. The molecular formula is C41H48ClF3N8O5S. The molecule has 2 aromatic carbocycles. The van der Waals surface area contributed by atoms with Gasteiger partial charge < -0.3 is 20.3 Å². The van der Waals surface area contributed by atoms with E-state index in [-0.39, 0.29) is 54.2 Å². The maximum absolute atomic E-state index is 13.8. The minimum absolute atomic E-state index is 0. The number of hydrogen-bond acceptors (Lipinski definition) is 11.